The van der Waals surface area contributed by atoms with E-state index in [-0.39, 0.29) is 0 Å². The van der Waals surface area contributed by atoms with Crippen LogP contribution >= 0.6 is 0 Å². The van der Waals surface area contributed by atoms with E-state index in [2.05, 4.69) is 10.6 Å². The average Bonchev–Trinajstić information content (AvgIpc) is 2.29. The summed E-state index contributed by atoms with van der Waals surface area (Å²) in [4.78, 5) is 0. The lowest BCUT2D eigenvalue weighted by Crippen LogP contribution is -2.58. The molecule has 0 aliphatic carbocycles. The number of nitrogens with two attached hydrogens (primary N) is 4. The first-order chi connectivity index (χ1) is 8.83. The molecule has 0 radical (unpaired) electrons. The highest BCUT2D eigenvalue weighted by molar-refractivity contribution is 4.45. The Balaban J connectivity index is -0.000000206. The second kappa shape index (κ2) is 20.2. The summed E-state index contributed by atoms with van der Waals surface area (Å²) in [6.07, 6.45) is 0. The van der Waals surface area contributed by atoms with Gasteiger partial charge in [0.15, 0.2) is 0 Å². The molecule has 120 valence electrons. The van der Waals surface area contributed by atoms with Crippen molar-refractivity contribution in [2.24, 2.45) is 22.9 Å². The molecule has 0 aliphatic rings. The summed E-state index contributed by atoms with van der Waals surface area (Å²) < 4.78 is 32.7. The zero-order valence-electron chi connectivity index (χ0n) is 11.0. The van der Waals surface area contributed by atoms with E-state index >= 15 is 0 Å². The van der Waals surface area contributed by atoms with Crippen molar-refractivity contribution in [3.8, 4) is 0 Å². The van der Waals surface area contributed by atoms with Gasteiger partial charge >= 0.3 is 0 Å². The van der Waals surface area contributed by atoms with E-state index in [0.717, 1.165) is 26.2 Å². The Morgan fingerprint density at radius 1 is 0.684 bits per heavy atom. The molecule has 0 spiro atoms. The van der Waals surface area contributed by atoms with Crippen LogP contribution in [0, 0.1) is 10.2 Å². The first-order valence-electron chi connectivity index (χ1n) is 5.68. The van der Waals surface area contributed by atoms with E-state index in [4.69, 9.17) is 41.6 Å². The Morgan fingerprint density at radius 3 is 0.947 bits per heavy atom. The highest BCUT2D eigenvalue weighted by atomic mass is 35.7. The van der Waals surface area contributed by atoms with Crippen LogP contribution in [0.15, 0.2) is 0 Å². The van der Waals surface area contributed by atoms with Gasteiger partial charge in [-0.15, -0.1) is 0 Å². The second-order valence-electron chi connectivity index (χ2n) is 3.05. The number of hydrogen-bond acceptors (Lipinski definition) is 10. The molecular formula is C8H27ClN6O4. The summed E-state index contributed by atoms with van der Waals surface area (Å²) in [5.74, 6) is 0. The Labute approximate surface area is 115 Å². The van der Waals surface area contributed by atoms with E-state index in [0.29, 0.717) is 26.2 Å². The lowest BCUT2D eigenvalue weighted by molar-refractivity contribution is -1.92. The monoisotopic (exact) mass is 306 g/mol. The maximum Gasteiger partial charge on any atom is 0.0777 e. The summed E-state index contributed by atoms with van der Waals surface area (Å²) in [5.41, 5.74) is 20.7. The lowest BCUT2D eigenvalue weighted by atomic mass is 10.6. The predicted octanol–water partition coefficient (Wildman–Crippen LogP) is -7.14. The van der Waals surface area contributed by atoms with Crippen molar-refractivity contribution >= 4 is 0 Å². The maximum atomic E-state index is 8.60. The van der Waals surface area contributed by atoms with E-state index in [1.54, 1.807) is 0 Å². The van der Waals surface area contributed by atoms with Crippen LogP contribution in [-0.4, -0.2) is 57.0 Å². The van der Waals surface area contributed by atoms with Gasteiger partial charge in [-0.3, -0.25) is 0 Å². The van der Waals surface area contributed by atoms with Crippen LogP contribution in [0.3, 0.4) is 0 Å². The van der Waals surface area contributed by atoms with Crippen LogP contribution in [0.1, 0.15) is 0 Å². The molecule has 0 unspecified atom stereocenters. The third-order valence-electron chi connectivity index (χ3n) is 1.28. The zero-order valence-corrected chi connectivity index (χ0v) is 11.8. The lowest BCUT2D eigenvalue weighted by Gasteiger charge is -2.03. The van der Waals surface area contributed by atoms with E-state index in [1.165, 1.54) is 0 Å². The molecule has 0 aromatic rings. The largest absolute Gasteiger partial charge is 0.329 e. The van der Waals surface area contributed by atoms with Crippen molar-refractivity contribution in [3.63, 3.8) is 0 Å². The van der Waals surface area contributed by atoms with Gasteiger partial charge in [0.2, 0.25) is 0 Å². The van der Waals surface area contributed by atoms with E-state index in [9.17, 15) is 0 Å². The number of halogens is 1. The number of rotatable bonds is 8. The minimum absolute atomic E-state index is 0.694. The van der Waals surface area contributed by atoms with Crippen LogP contribution in [0.2, 0.25) is 0 Å². The standard InChI is InChI=1S/2C4H13N3.ClHO4/c2*5-1-3-7-4-2-6;2-1(3,4)5/h2*7H,1-6H2;(H,2,3,4,5). The number of nitrogens with one attached hydrogen (secondary N) is 2. The highest BCUT2D eigenvalue weighted by Gasteiger charge is 1.98. The smallest absolute Gasteiger partial charge is 0.0777 e. The third-order valence-corrected chi connectivity index (χ3v) is 1.28. The summed E-state index contributed by atoms with van der Waals surface area (Å²) in [6.45, 7) is 6.27. The molecule has 0 bridgehead atoms. The fraction of sp³-hybridized carbons (Fsp3) is 1.00. The molecule has 19 heavy (non-hydrogen) atoms. The summed E-state index contributed by atoms with van der Waals surface area (Å²) in [6, 6.07) is 0. The Morgan fingerprint density at radius 2 is 0.842 bits per heavy atom. The molecule has 0 aliphatic heterocycles. The molecule has 0 fully saturated rings. The van der Waals surface area contributed by atoms with Gasteiger partial charge in [-0.1, -0.05) is 0 Å². The van der Waals surface area contributed by atoms with Gasteiger partial charge in [-0.25, -0.2) is 0 Å². The first-order valence-corrected chi connectivity index (χ1v) is 6.94. The van der Waals surface area contributed by atoms with Gasteiger partial charge in [0.1, 0.15) is 0 Å². The summed E-state index contributed by atoms with van der Waals surface area (Å²) in [5, 5.41) is 6.07. The van der Waals surface area contributed by atoms with Gasteiger partial charge in [-0.05, 0) is 0 Å². The Kier molecular flexibility index (Phi) is 25.5. The minimum Gasteiger partial charge on any atom is -0.329 e. The first kappa shape index (κ1) is 23.9. The molecule has 0 amide bonds. The van der Waals surface area contributed by atoms with Crippen LogP contribution < -0.4 is 47.5 Å². The molecule has 0 heterocycles. The summed E-state index contributed by atoms with van der Waals surface area (Å²) in [7, 11) is -4.69. The molecule has 0 aromatic heterocycles. The zero-order chi connectivity index (χ0) is 15.6. The summed E-state index contributed by atoms with van der Waals surface area (Å²) >= 11 is 0. The average molecular weight is 307 g/mol. The second-order valence-corrected chi connectivity index (χ2v) is 3.84. The molecule has 0 saturated carbocycles. The molecule has 0 atom stereocenters. The third kappa shape index (κ3) is 72.6. The van der Waals surface area contributed by atoms with Crippen molar-refractivity contribution in [3.05, 3.63) is 0 Å². The van der Waals surface area contributed by atoms with Crippen LogP contribution in [0.4, 0.5) is 0 Å². The fourth-order valence-corrected chi connectivity index (χ4v) is 0.658. The quantitative estimate of drug-likeness (QED) is 0.210. The van der Waals surface area contributed by atoms with Crippen LogP contribution in [0.25, 0.3) is 0 Å². The molecule has 10 nitrogen and oxygen atoms in total. The molecule has 0 aromatic carbocycles. The number of hydrogen-bond donors (Lipinski definition) is 7. The van der Waals surface area contributed by atoms with Gasteiger partial charge in [0.05, 0.1) is 14.9 Å². The fourth-order valence-electron chi connectivity index (χ4n) is 0.658. The molecular weight excluding hydrogens is 280 g/mol. The van der Waals surface area contributed by atoms with Gasteiger partial charge in [0.25, 0.3) is 0 Å². The predicted molar refractivity (Wildman–Crippen MR) is 64.2 cm³/mol. The van der Waals surface area contributed by atoms with Crippen molar-refractivity contribution in [2.75, 3.05) is 52.4 Å². The molecule has 0 rings (SSSR count). The van der Waals surface area contributed by atoms with E-state index in [1.807, 2.05) is 0 Å². The molecule has 11 heteroatoms. The van der Waals surface area contributed by atoms with Crippen molar-refractivity contribution in [1.29, 1.82) is 0 Å². The Bertz CT molecular complexity index is 128. The van der Waals surface area contributed by atoms with Crippen molar-refractivity contribution < 1.29 is 28.9 Å². The van der Waals surface area contributed by atoms with Gasteiger partial charge in [0, 0.05) is 52.4 Å². The topological polar surface area (TPSA) is 218 Å². The van der Waals surface area contributed by atoms with Crippen LogP contribution in [-0.2, 0) is 0 Å². The minimum atomic E-state index is -4.69. The molecule has 11 N–H and O–H groups in total. The highest BCUT2D eigenvalue weighted by Crippen LogP contribution is 1.60. The molecule has 0 saturated heterocycles. The SMILES string of the molecule is NCCNCCN.NCCNCCN.[O-][Cl+3]([O-])([O-])O. The normalized spacial score (nSPS) is 10.1. The van der Waals surface area contributed by atoms with Crippen molar-refractivity contribution in [1.82, 2.24) is 10.6 Å². The van der Waals surface area contributed by atoms with Gasteiger partial charge in [-0.2, -0.15) is 14.0 Å². The Hall–Kier alpha value is -0.110. The van der Waals surface area contributed by atoms with Crippen molar-refractivity contribution in [2.45, 2.75) is 0 Å². The maximum absolute atomic E-state index is 8.60. The van der Waals surface area contributed by atoms with E-state index < -0.39 is 10.2 Å². The van der Waals surface area contributed by atoms with Gasteiger partial charge < -0.3 is 33.6 Å². The van der Waals surface area contributed by atoms with Crippen LogP contribution in [0.5, 0.6) is 0 Å².